The number of nitrogen functional groups attached to an aromatic ring is 2. The van der Waals surface area contributed by atoms with Gasteiger partial charge in [-0.3, -0.25) is 14.3 Å². The van der Waals surface area contributed by atoms with Crippen molar-refractivity contribution in [1.29, 1.82) is 0 Å². The SMILES string of the molecule is C.Nc1c(N=Nc2ccc(S(=O)(=O)CCOSOO[O-])cc2)cc(S(=O)(=O)[O-])c(N)c1N=Nc1ccc2c(S(=O)(=O)[O-])cccc2c1SOO[O-].[Na+].[Na+].[Na+].[Na+]. The number of fused-ring (bicyclic) bond motifs is 1. The molecule has 0 aliphatic carbocycles. The fourth-order valence-electron chi connectivity index (χ4n) is 4.04. The summed E-state index contributed by atoms with van der Waals surface area (Å²) in [5.74, 6) is -0.489. The first kappa shape index (κ1) is 57.2. The molecule has 0 bridgehead atoms. The smallest absolute Gasteiger partial charge is 0.744 e. The van der Waals surface area contributed by atoms with E-state index in [-0.39, 0.29) is 189 Å². The molecule has 0 unspecified atom stereocenters. The first-order chi connectivity index (χ1) is 23.6. The predicted octanol–water partition coefficient (Wildman–Crippen LogP) is -8.90. The minimum atomic E-state index is -5.27. The Kier molecular flexibility index (Phi) is 26.7. The van der Waals surface area contributed by atoms with E-state index in [4.69, 9.17) is 15.7 Å². The summed E-state index contributed by atoms with van der Waals surface area (Å²) in [6, 6.07) is 11.6. The average molecular weight is 899 g/mol. The third kappa shape index (κ3) is 15.6. The first-order valence-electron chi connectivity index (χ1n) is 12.8. The number of rotatable bonds is 16. The molecule has 0 fully saturated rings. The Hall–Kier alpha value is 0.130. The van der Waals surface area contributed by atoms with Gasteiger partial charge in [-0.15, -0.1) is 19.7 Å². The van der Waals surface area contributed by atoms with Crippen LogP contribution in [-0.2, 0) is 53.0 Å². The Balaban J connectivity index is 0. The molecule has 4 aromatic rings. The summed E-state index contributed by atoms with van der Waals surface area (Å²) in [5, 5.41) is 42.3. The van der Waals surface area contributed by atoms with E-state index in [1.807, 2.05) is 0 Å². The van der Waals surface area contributed by atoms with Crippen LogP contribution in [0.1, 0.15) is 7.43 Å². The van der Waals surface area contributed by atoms with Crippen molar-refractivity contribution >= 4 is 99.3 Å². The molecule has 0 aliphatic heterocycles. The van der Waals surface area contributed by atoms with Gasteiger partial charge < -0.3 is 31.1 Å². The van der Waals surface area contributed by atoms with Crippen molar-refractivity contribution in [3.05, 3.63) is 60.7 Å². The summed E-state index contributed by atoms with van der Waals surface area (Å²) >= 11 is 0.417. The molecule has 0 saturated heterocycles. The maximum absolute atomic E-state index is 12.5. The number of nitrogens with zero attached hydrogens (tertiary/aromatic N) is 4. The number of nitrogens with two attached hydrogens (primary N) is 2. The van der Waals surface area contributed by atoms with E-state index in [1.165, 1.54) is 48.5 Å². The number of azo groups is 2. The van der Waals surface area contributed by atoms with Crippen molar-refractivity contribution in [2.45, 2.75) is 27.0 Å². The van der Waals surface area contributed by atoms with Crippen LogP contribution in [0.15, 0.2) is 101 Å². The summed E-state index contributed by atoms with van der Waals surface area (Å²) in [6.45, 7) is -0.352. The van der Waals surface area contributed by atoms with Gasteiger partial charge in [0.1, 0.15) is 37.3 Å². The van der Waals surface area contributed by atoms with E-state index in [9.17, 15) is 44.9 Å². The maximum atomic E-state index is 12.5. The minimum Gasteiger partial charge on any atom is -0.744 e. The Bertz CT molecular complexity index is 2290. The van der Waals surface area contributed by atoms with Gasteiger partial charge in [-0.2, -0.15) is 9.45 Å². The van der Waals surface area contributed by atoms with Gasteiger partial charge >= 0.3 is 118 Å². The molecule has 4 N–H and O–H groups in total. The van der Waals surface area contributed by atoms with Crippen LogP contribution in [0.3, 0.4) is 0 Å². The Morgan fingerprint density at radius 3 is 1.85 bits per heavy atom. The molecule has 0 radical (unpaired) electrons. The van der Waals surface area contributed by atoms with E-state index in [0.29, 0.717) is 0 Å². The summed E-state index contributed by atoms with van der Waals surface area (Å²) in [6.07, 6.45) is 0. The summed E-state index contributed by atoms with van der Waals surface area (Å²) in [4.78, 5) is -1.81. The Labute approximate surface area is 411 Å². The fourth-order valence-corrected chi connectivity index (χ4v) is 7.32. The van der Waals surface area contributed by atoms with Crippen molar-refractivity contribution in [1.82, 2.24) is 0 Å². The molecule has 0 heterocycles. The monoisotopic (exact) mass is 898 g/mol. The van der Waals surface area contributed by atoms with Crippen LogP contribution >= 0.6 is 24.4 Å². The average Bonchev–Trinajstić information content (AvgIpc) is 3.05. The number of hydrogen-bond acceptors (Lipinski definition) is 23. The third-order valence-corrected chi connectivity index (χ3v) is 10.8. The fraction of sp³-hybridized carbons (Fsp3) is 0.120. The predicted molar refractivity (Wildman–Crippen MR) is 172 cm³/mol. The molecular weight excluding hydrogens is 877 g/mol. The van der Waals surface area contributed by atoms with E-state index < -0.39 is 68.4 Å². The number of sulfone groups is 1. The molecule has 0 aliphatic rings. The second-order valence-corrected chi connectivity index (χ2v) is 15.2. The van der Waals surface area contributed by atoms with Crippen LogP contribution in [0, 0.1) is 0 Å². The number of hydrogen-bond donors (Lipinski definition) is 2. The molecular formula is C25H22N6Na4O15S5. The van der Waals surface area contributed by atoms with Gasteiger partial charge in [0.25, 0.3) is 0 Å². The molecule has 30 heteroatoms. The van der Waals surface area contributed by atoms with Gasteiger partial charge in [0.2, 0.25) is 0 Å². The molecule has 0 amide bonds. The molecule has 276 valence electrons. The van der Waals surface area contributed by atoms with Gasteiger partial charge in [-0.05, 0) is 42.5 Å². The molecule has 0 spiro atoms. The van der Waals surface area contributed by atoms with E-state index >= 15 is 0 Å². The molecule has 0 saturated carbocycles. The zero-order valence-electron chi connectivity index (χ0n) is 28.3. The van der Waals surface area contributed by atoms with E-state index in [1.54, 1.807) is 0 Å². The summed E-state index contributed by atoms with van der Waals surface area (Å²) in [5.41, 5.74) is 9.88. The largest absolute Gasteiger partial charge is 1.00 e. The molecule has 0 atom stereocenters. The zero-order chi connectivity index (χ0) is 36.7. The van der Waals surface area contributed by atoms with E-state index in [0.717, 1.165) is 12.1 Å². The van der Waals surface area contributed by atoms with Crippen LogP contribution in [0.25, 0.3) is 10.8 Å². The molecule has 4 aromatic carbocycles. The van der Waals surface area contributed by atoms with Gasteiger partial charge in [-0.25, -0.2) is 25.3 Å². The van der Waals surface area contributed by atoms with Gasteiger partial charge in [0.15, 0.2) is 22.2 Å². The van der Waals surface area contributed by atoms with E-state index in [2.05, 4.69) is 39.2 Å². The second kappa shape index (κ2) is 25.7. The summed E-state index contributed by atoms with van der Waals surface area (Å²) in [7, 11) is -14.1. The normalized spacial score (nSPS) is 11.6. The van der Waals surface area contributed by atoms with Gasteiger partial charge in [0.05, 0.1) is 61.0 Å². The van der Waals surface area contributed by atoms with Crippen LogP contribution < -0.4 is 140 Å². The van der Waals surface area contributed by atoms with Crippen molar-refractivity contribution in [2.75, 3.05) is 23.8 Å². The van der Waals surface area contributed by atoms with Crippen molar-refractivity contribution < 1.29 is 186 Å². The topological polar surface area (TPSA) is 342 Å². The quantitative estimate of drug-likeness (QED) is 0.0154. The zero-order valence-corrected chi connectivity index (χ0v) is 40.4. The van der Waals surface area contributed by atoms with Crippen LogP contribution in [0.4, 0.5) is 34.1 Å². The molecule has 21 nitrogen and oxygen atoms in total. The van der Waals surface area contributed by atoms with Gasteiger partial charge in [0, 0.05) is 10.8 Å². The summed E-state index contributed by atoms with van der Waals surface area (Å²) < 4.78 is 109. The molecule has 4 rings (SSSR count). The Morgan fingerprint density at radius 2 is 1.27 bits per heavy atom. The van der Waals surface area contributed by atoms with Crippen molar-refractivity contribution in [2.24, 2.45) is 20.5 Å². The van der Waals surface area contributed by atoms with Gasteiger partial charge in [-0.1, -0.05) is 25.6 Å². The van der Waals surface area contributed by atoms with Crippen LogP contribution in [0.5, 0.6) is 0 Å². The first-order valence-corrected chi connectivity index (χ1v) is 18.7. The maximum Gasteiger partial charge on any atom is 1.00 e. The van der Waals surface area contributed by atoms with Crippen LogP contribution in [-0.4, -0.2) is 46.7 Å². The molecule has 0 aromatic heterocycles. The second-order valence-electron chi connectivity index (χ2n) is 9.20. The van der Waals surface area contributed by atoms with Crippen LogP contribution in [0.2, 0.25) is 0 Å². The Morgan fingerprint density at radius 1 is 0.673 bits per heavy atom. The third-order valence-electron chi connectivity index (χ3n) is 6.22. The minimum absolute atomic E-state index is 0. The number of anilines is 2. The number of benzene rings is 4. The van der Waals surface area contributed by atoms with Crippen molar-refractivity contribution in [3.63, 3.8) is 0 Å². The standard InChI is InChI=1S/C24H22N6O15S5.CH4.4Na/c25-21-18(29-27-13-4-6-14(7-5-13)48(33,34)11-10-41-47-45-43-32)12-20(50(38,39)40)22(26)23(21)30-28-17-9-8-15-16(24(17)46-44-42-31)2-1-3-19(15)49(35,36)37;;;;;/h1-9,12,31-32H,10-11,25-26H2,(H,35,36,37)(H,38,39,40);1H4;;;;/q;;4*+1/p-4. The van der Waals surface area contributed by atoms with Crippen molar-refractivity contribution in [3.8, 4) is 0 Å². The molecule has 55 heavy (non-hydrogen) atoms.